The molecule has 1 heterocycles. The summed E-state index contributed by atoms with van der Waals surface area (Å²) in [6, 6.07) is 1.83. The molecule has 0 aliphatic carbocycles. The molecule has 0 spiro atoms. The Balaban J connectivity index is 2.52. The van der Waals surface area contributed by atoms with Crippen LogP contribution in [0.15, 0.2) is 18.7 Å². The van der Waals surface area contributed by atoms with Gasteiger partial charge in [-0.15, -0.1) is 6.58 Å². The molecule has 1 rings (SSSR count). The molecule has 0 radical (unpaired) electrons. The van der Waals surface area contributed by atoms with Crippen LogP contribution in [0.5, 0.6) is 5.88 Å². The number of hydrogen-bond acceptors (Lipinski definition) is 4. The number of anilines is 1. The summed E-state index contributed by atoms with van der Waals surface area (Å²) in [7, 11) is 1.79. The van der Waals surface area contributed by atoms with Gasteiger partial charge >= 0.3 is 0 Å². The number of nitrogens with one attached hydrogen (secondary N) is 1. The minimum atomic E-state index is 0.591. The first kappa shape index (κ1) is 11.5. The second-order valence-electron chi connectivity index (χ2n) is 3.20. The van der Waals surface area contributed by atoms with Crippen LogP contribution in [0.4, 0.5) is 5.95 Å². The van der Waals surface area contributed by atoms with Crippen molar-refractivity contribution < 1.29 is 4.74 Å². The molecule has 15 heavy (non-hydrogen) atoms. The minimum Gasteiger partial charge on any atom is -0.478 e. The highest BCUT2D eigenvalue weighted by atomic mass is 16.5. The van der Waals surface area contributed by atoms with Gasteiger partial charge in [-0.3, -0.25) is 0 Å². The van der Waals surface area contributed by atoms with Gasteiger partial charge in [-0.1, -0.05) is 6.08 Å². The van der Waals surface area contributed by atoms with Crippen LogP contribution in [-0.4, -0.2) is 23.6 Å². The van der Waals surface area contributed by atoms with Gasteiger partial charge in [-0.05, 0) is 19.8 Å². The van der Waals surface area contributed by atoms with Gasteiger partial charge in [-0.2, -0.15) is 4.98 Å². The summed E-state index contributed by atoms with van der Waals surface area (Å²) in [6.45, 7) is 6.23. The number of allylic oxidation sites excluding steroid dienone is 1. The van der Waals surface area contributed by atoms with Crippen molar-refractivity contribution in [3.05, 3.63) is 24.4 Å². The molecule has 0 unspecified atom stereocenters. The van der Waals surface area contributed by atoms with Crippen LogP contribution >= 0.6 is 0 Å². The second kappa shape index (κ2) is 6.01. The van der Waals surface area contributed by atoms with E-state index in [1.54, 1.807) is 7.05 Å². The van der Waals surface area contributed by atoms with Gasteiger partial charge in [-0.25, -0.2) is 4.98 Å². The Labute approximate surface area is 90.4 Å². The van der Waals surface area contributed by atoms with Crippen molar-refractivity contribution in [2.75, 3.05) is 19.0 Å². The van der Waals surface area contributed by atoms with E-state index in [-0.39, 0.29) is 0 Å². The van der Waals surface area contributed by atoms with E-state index in [0.717, 1.165) is 18.5 Å². The number of nitrogens with zero attached hydrogens (tertiary/aromatic N) is 2. The molecular weight excluding hydrogens is 190 g/mol. The van der Waals surface area contributed by atoms with Crippen LogP contribution in [-0.2, 0) is 0 Å². The first-order chi connectivity index (χ1) is 7.26. The Hall–Kier alpha value is -1.58. The topological polar surface area (TPSA) is 47.0 Å². The molecule has 4 heteroatoms. The fourth-order valence-electron chi connectivity index (χ4n) is 1.13. The van der Waals surface area contributed by atoms with Crippen molar-refractivity contribution in [2.24, 2.45) is 0 Å². The quantitative estimate of drug-likeness (QED) is 0.573. The van der Waals surface area contributed by atoms with Gasteiger partial charge in [0.15, 0.2) is 0 Å². The molecule has 0 aromatic carbocycles. The molecule has 82 valence electrons. The van der Waals surface area contributed by atoms with Gasteiger partial charge in [0.25, 0.3) is 0 Å². The lowest BCUT2D eigenvalue weighted by atomic mass is 10.3. The van der Waals surface area contributed by atoms with Gasteiger partial charge < -0.3 is 10.1 Å². The smallest absolute Gasteiger partial charge is 0.225 e. The molecule has 0 amide bonds. The highest BCUT2D eigenvalue weighted by Crippen LogP contribution is 2.11. The van der Waals surface area contributed by atoms with Crippen molar-refractivity contribution in [3.63, 3.8) is 0 Å². The van der Waals surface area contributed by atoms with E-state index in [2.05, 4.69) is 21.9 Å². The number of aryl methyl sites for hydroxylation is 1. The molecular formula is C11H17N3O. The van der Waals surface area contributed by atoms with E-state index < -0.39 is 0 Å². The lowest BCUT2D eigenvalue weighted by molar-refractivity contribution is 0.300. The fourth-order valence-corrected chi connectivity index (χ4v) is 1.13. The summed E-state index contributed by atoms with van der Waals surface area (Å²) < 4.78 is 5.49. The summed E-state index contributed by atoms with van der Waals surface area (Å²) in [5, 5.41) is 2.89. The Kier molecular flexibility index (Phi) is 4.60. The van der Waals surface area contributed by atoms with Gasteiger partial charge in [0.1, 0.15) is 0 Å². The Bertz CT molecular complexity index is 326. The predicted octanol–water partition coefficient (Wildman–Crippen LogP) is 2.17. The van der Waals surface area contributed by atoms with Crippen molar-refractivity contribution in [1.29, 1.82) is 0 Å². The molecule has 0 aliphatic rings. The average molecular weight is 207 g/mol. The molecule has 0 bridgehead atoms. The maximum Gasteiger partial charge on any atom is 0.225 e. The number of hydrogen-bond donors (Lipinski definition) is 1. The first-order valence-corrected chi connectivity index (χ1v) is 5.03. The summed E-state index contributed by atoms with van der Waals surface area (Å²) in [4.78, 5) is 8.36. The fraction of sp³-hybridized carbons (Fsp3) is 0.455. The van der Waals surface area contributed by atoms with Gasteiger partial charge in [0.2, 0.25) is 11.8 Å². The van der Waals surface area contributed by atoms with E-state index in [4.69, 9.17) is 4.74 Å². The van der Waals surface area contributed by atoms with Crippen LogP contribution in [0, 0.1) is 6.92 Å². The van der Waals surface area contributed by atoms with Crippen molar-refractivity contribution in [1.82, 2.24) is 9.97 Å². The van der Waals surface area contributed by atoms with Crippen molar-refractivity contribution in [2.45, 2.75) is 19.8 Å². The van der Waals surface area contributed by atoms with Crippen LogP contribution < -0.4 is 10.1 Å². The van der Waals surface area contributed by atoms with Gasteiger partial charge in [0.05, 0.1) is 6.61 Å². The van der Waals surface area contributed by atoms with Crippen LogP contribution in [0.3, 0.4) is 0 Å². The third-order valence-corrected chi connectivity index (χ3v) is 1.86. The zero-order chi connectivity index (χ0) is 11.1. The van der Waals surface area contributed by atoms with Crippen LogP contribution in [0.25, 0.3) is 0 Å². The average Bonchev–Trinajstić information content (AvgIpc) is 2.23. The maximum atomic E-state index is 5.49. The first-order valence-electron chi connectivity index (χ1n) is 5.03. The monoisotopic (exact) mass is 207 g/mol. The predicted molar refractivity (Wildman–Crippen MR) is 61.2 cm³/mol. The van der Waals surface area contributed by atoms with E-state index in [9.17, 15) is 0 Å². The van der Waals surface area contributed by atoms with Crippen LogP contribution in [0.1, 0.15) is 18.5 Å². The van der Waals surface area contributed by atoms with E-state index in [1.807, 2.05) is 19.1 Å². The lowest BCUT2D eigenvalue weighted by Gasteiger charge is -2.06. The largest absolute Gasteiger partial charge is 0.478 e. The molecule has 1 aromatic rings. The summed E-state index contributed by atoms with van der Waals surface area (Å²) in [6.07, 6.45) is 3.80. The Morgan fingerprint density at radius 3 is 3.00 bits per heavy atom. The standard InChI is InChI=1S/C11H17N3O/c1-4-5-6-7-15-10-8-9(2)13-11(12-3)14-10/h4,8H,1,5-7H2,2-3H3,(H,12,13,14). The Morgan fingerprint density at radius 1 is 1.53 bits per heavy atom. The maximum absolute atomic E-state index is 5.49. The van der Waals surface area contributed by atoms with E-state index in [1.165, 1.54) is 0 Å². The van der Waals surface area contributed by atoms with E-state index in [0.29, 0.717) is 18.4 Å². The normalized spacial score (nSPS) is 9.73. The zero-order valence-corrected chi connectivity index (χ0v) is 9.29. The van der Waals surface area contributed by atoms with Crippen molar-refractivity contribution >= 4 is 5.95 Å². The summed E-state index contributed by atoms with van der Waals surface area (Å²) >= 11 is 0. The minimum absolute atomic E-state index is 0.591. The summed E-state index contributed by atoms with van der Waals surface area (Å²) in [5.74, 6) is 1.21. The summed E-state index contributed by atoms with van der Waals surface area (Å²) in [5.41, 5.74) is 0.896. The molecule has 0 atom stereocenters. The molecule has 1 aromatic heterocycles. The second-order valence-corrected chi connectivity index (χ2v) is 3.20. The third-order valence-electron chi connectivity index (χ3n) is 1.86. The number of aromatic nitrogens is 2. The SMILES string of the molecule is C=CCCCOc1cc(C)nc(NC)n1. The molecule has 0 aliphatic heterocycles. The molecule has 0 saturated carbocycles. The number of ether oxygens (including phenoxy) is 1. The molecule has 0 saturated heterocycles. The van der Waals surface area contributed by atoms with E-state index >= 15 is 0 Å². The highest BCUT2D eigenvalue weighted by molar-refractivity contribution is 5.29. The molecule has 1 N–H and O–H groups in total. The zero-order valence-electron chi connectivity index (χ0n) is 9.29. The van der Waals surface area contributed by atoms with Crippen molar-refractivity contribution in [3.8, 4) is 5.88 Å². The highest BCUT2D eigenvalue weighted by Gasteiger charge is 2.00. The molecule has 4 nitrogen and oxygen atoms in total. The third kappa shape index (κ3) is 3.97. The lowest BCUT2D eigenvalue weighted by Crippen LogP contribution is -2.03. The van der Waals surface area contributed by atoms with Crippen LogP contribution in [0.2, 0.25) is 0 Å². The Morgan fingerprint density at radius 2 is 2.33 bits per heavy atom. The number of unbranched alkanes of at least 4 members (excludes halogenated alkanes) is 1. The number of rotatable bonds is 6. The van der Waals surface area contributed by atoms with Gasteiger partial charge in [0, 0.05) is 18.8 Å². The molecule has 0 fully saturated rings.